The van der Waals surface area contributed by atoms with Gasteiger partial charge in [-0.2, -0.15) is 0 Å². The van der Waals surface area contributed by atoms with Gasteiger partial charge < -0.3 is 20.5 Å². The lowest BCUT2D eigenvalue weighted by atomic mass is 9.86. The zero-order valence-corrected chi connectivity index (χ0v) is 20.3. The monoisotopic (exact) mass is 466 g/mol. The van der Waals surface area contributed by atoms with Crippen molar-refractivity contribution in [2.45, 2.75) is 65.0 Å². The van der Waals surface area contributed by atoms with Gasteiger partial charge in [0.15, 0.2) is 0 Å². The van der Waals surface area contributed by atoms with Gasteiger partial charge in [-0.1, -0.05) is 76.2 Å². The van der Waals surface area contributed by atoms with Gasteiger partial charge in [0.1, 0.15) is 12.6 Å². The molecule has 2 atom stereocenters. The van der Waals surface area contributed by atoms with E-state index in [0.29, 0.717) is 12.8 Å². The fourth-order valence-corrected chi connectivity index (χ4v) is 4.37. The van der Waals surface area contributed by atoms with E-state index in [1.165, 1.54) is 11.1 Å². The van der Waals surface area contributed by atoms with E-state index in [2.05, 4.69) is 34.9 Å². The molecule has 0 radical (unpaired) electrons. The Morgan fingerprint density at radius 3 is 2.03 bits per heavy atom. The second kappa shape index (κ2) is 10.7. The molecule has 1 aliphatic carbocycles. The van der Waals surface area contributed by atoms with Crippen LogP contribution in [-0.4, -0.2) is 41.8 Å². The lowest BCUT2D eigenvalue weighted by Gasteiger charge is -2.28. The number of nitrogens with one attached hydrogen (secondary N) is 2. The number of carboxylic acid groups (broad SMARTS) is 1. The van der Waals surface area contributed by atoms with E-state index in [0.717, 1.165) is 11.1 Å². The van der Waals surface area contributed by atoms with Gasteiger partial charge in [-0.3, -0.25) is 4.79 Å². The van der Waals surface area contributed by atoms with Crippen LogP contribution in [0.25, 0.3) is 11.1 Å². The van der Waals surface area contributed by atoms with Crippen molar-refractivity contribution >= 4 is 18.0 Å². The molecule has 1 aliphatic rings. The highest BCUT2D eigenvalue weighted by molar-refractivity contribution is 5.84. The molecule has 0 aliphatic heterocycles. The lowest BCUT2D eigenvalue weighted by Crippen LogP contribution is -2.49. The summed E-state index contributed by atoms with van der Waals surface area (Å²) in [6.07, 6.45) is 0.608. The molecule has 0 heterocycles. The minimum absolute atomic E-state index is 0.0191. The highest BCUT2D eigenvalue weighted by atomic mass is 16.5. The van der Waals surface area contributed by atoms with Gasteiger partial charge in [-0.05, 0) is 40.5 Å². The summed E-state index contributed by atoms with van der Waals surface area (Å²) in [6, 6.07) is 15.1. The Morgan fingerprint density at radius 1 is 0.971 bits per heavy atom. The van der Waals surface area contributed by atoms with Crippen LogP contribution < -0.4 is 10.6 Å². The molecule has 2 amide bonds. The first-order chi connectivity index (χ1) is 16.1. The van der Waals surface area contributed by atoms with Crippen LogP contribution in [-0.2, 0) is 14.3 Å². The van der Waals surface area contributed by atoms with E-state index in [-0.39, 0.29) is 30.9 Å². The summed E-state index contributed by atoms with van der Waals surface area (Å²) < 4.78 is 5.59. The molecule has 0 fully saturated rings. The summed E-state index contributed by atoms with van der Waals surface area (Å²) in [7, 11) is 0. The summed E-state index contributed by atoms with van der Waals surface area (Å²) >= 11 is 0. The van der Waals surface area contributed by atoms with Crippen LogP contribution in [0.2, 0.25) is 0 Å². The maximum atomic E-state index is 12.5. The van der Waals surface area contributed by atoms with Crippen LogP contribution >= 0.6 is 0 Å². The van der Waals surface area contributed by atoms with E-state index < -0.39 is 23.5 Å². The first kappa shape index (κ1) is 25.3. The maximum absolute atomic E-state index is 12.5. The number of carboxylic acids is 1. The van der Waals surface area contributed by atoms with E-state index in [9.17, 15) is 19.5 Å². The fourth-order valence-electron chi connectivity index (χ4n) is 4.37. The van der Waals surface area contributed by atoms with Crippen LogP contribution in [0.15, 0.2) is 48.5 Å². The number of hydrogen-bond acceptors (Lipinski definition) is 4. The number of amides is 2. The quantitative estimate of drug-likeness (QED) is 0.497. The van der Waals surface area contributed by atoms with E-state index in [1.807, 2.05) is 31.2 Å². The predicted molar refractivity (Wildman–Crippen MR) is 131 cm³/mol. The fraction of sp³-hybridized carbons (Fsp3) is 0.444. The third kappa shape index (κ3) is 5.95. The number of carbonyl (C=O) groups excluding carboxylic acids is 2. The van der Waals surface area contributed by atoms with Crippen molar-refractivity contribution in [3.8, 4) is 11.1 Å². The van der Waals surface area contributed by atoms with Crippen LogP contribution in [0.3, 0.4) is 0 Å². The summed E-state index contributed by atoms with van der Waals surface area (Å²) in [4.78, 5) is 36.3. The molecule has 7 heteroatoms. The Hall–Kier alpha value is -3.35. The van der Waals surface area contributed by atoms with Gasteiger partial charge in [0.25, 0.3) is 0 Å². The zero-order valence-electron chi connectivity index (χ0n) is 20.3. The molecule has 0 aromatic heterocycles. The second-order valence-corrected chi connectivity index (χ2v) is 9.82. The highest BCUT2D eigenvalue weighted by Gasteiger charge is 2.33. The molecular formula is C27H34N2O5. The molecule has 34 heavy (non-hydrogen) atoms. The molecule has 0 spiro atoms. The molecule has 0 saturated carbocycles. The van der Waals surface area contributed by atoms with E-state index >= 15 is 0 Å². The number of aliphatic carboxylic acids is 1. The Balaban J connectivity index is 1.52. The maximum Gasteiger partial charge on any atom is 0.407 e. The number of hydrogen-bond donors (Lipinski definition) is 3. The molecule has 2 unspecified atom stereocenters. The van der Waals surface area contributed by atoms with Gasteiger partial charge >= 0.3 is 12.1 Å². The first-order valence-electron chi connectivity index (χ1n) is 11.8. The largest absolute Gasteiger partial charge is 0.480 e. The number of benzene rings is 2. The Kier molecular flexibility index (Phi) is 7.97. The highest BCUT2D eigenvalue weighted by Crippen LogP contribution is 2.44. The van der Waals surface area contributed by atoms with Crippen LogP contribution in [0.5, 0.6) is 0 Å². The van der Waals surface area contributed by atoms with Crippen LogP contribution in [0.1, 0.15) is 64.0 Å². The summed E-state index contributed by atoms with van der Waals surface area (Å²) in [5.74, 6) is -1.44. The smallest absolute Gasteiger partial charge is 0.407 e. The molecule has 0 saturated heterocycles. The van der Waals surface area contributed by atoms with Crippen molar-refractivity contribution in [1.29, 1.82) is 0 Å². The normalized spacial score (nSPS) is 14.5. The Bertz CT molecular complexity index is 998. The van der Waals surface area contributed by atoms with Crippen molar-refractivity contribution in [2.24, 2.45) is 5.41 Å². The number of carbonyl (C=O) groups is 3. The van der Waals surface area contributed by atoms with Crippen molar-refractivity contribution in [1.82, 2.24) is 10.6 Å². The van der Waals surface area contributed by atoms with Crippen molar-refractivity contribution in [3.05, 3.63) is 59.7 Å². The van der Waals surface area contributed by atoms with Crippen molar-refractivity contribution in [2.75, 3.05) is 6.61 Å². The lowest BCUT2D eigenvalue weighted by molar-refractivity contribution is -0.145. The minimum atomic E-state index is -1.07. The number of alkyl carbamates (subject to hydrolysis) is 1. The standard InChI is InChI=1S/C27H34N2O5/c1-5-17(14-15-23(30)29-24(25(31)32)27(2,3)4)28-26(33)34-16-22-20-12-8-6-10-18(20)19-11-7-9-13-21(19)22/h6-13,17,22,24H,5,14-16H2,1-4H3,(H,28,33)(H,29,30)(H,31,32). The molecule has 3 rings (SSSR count). The van der Waals surface area contributed by atoms with Gasteiger partial charge in [0, 0.05) is 18.4 Å². The van der Waals surface area contributed by atoms with Crippen LogP contribution in [0.4, 0.5) is 4.79 Å². The van der Waals surface area contributed by atoms with Crippen molar-refractivity contribution in [3.63, 3.8) is 0 Å². The minimum Gasteiger partial charge on any atom is -0.480 e. The summed E-state index contributed by atoms with van der Waals surface area (Å²) in [5.41, 5.74) is 4.02. The number of ether oxygens (including phenoxy) is 1. The van der Waals surface area contributed by atoms with Gasteiger partial charge in [0.05, 0.1) is 0 Å². The van der Waals surface area contributed by atoms with E-state index in [4.69, 9.17) is 4.74 Å². The molecule has 3 N–H and O–H groups in total. The number of rotatable bonds is 9. The topological polar surface area (TPSA) is 105 Å². The second-order valence-electron chi connectivity index (χ2n) is 9.82. The zero-order chi connectivity index (χ0) is 24.9. The summed E-state index contributed by atoms with van der Waals surface area (Å²) in [6.45, 7) is 7.43. The molecule has 182 valence electrons. The first-order valence-corrected chi connectivity index (χ1v) is 11.8. The van der Waals surface area contributed by atoms with Gasteiger partial charge in [0.2, 0.25) is 5.91 Å². The van der Waals surface area contributed by atoms with E-state index in [1.54, 1.807) is 20.8 Å². The molecule has 2 aromatic rings. The average molecular weight is 467 g/mol. The third-order valence-electron chi connectivity index (χ3n) is 6.30. The van der Waals surface area contributed by atoms with Crippen molar-refractivity contribution < 1.29 is 24.2 Å². The predicted octanol–water partition coefficient (Wildman–Crippen LogP) is 4.70. The molecule has 7 nitrogen and oxygen atoms in total. The Morgan fingerprint density at radius 2 is 1.53 bits per heavy atom. The number of fused-ring (bicyclic) bond motifs is 3. The average Bonchev–Trinajstić information content (AvgIpc) is 3.11. The van der Waals surface area contributed by atoms with Gasteiger partial charge in [-0.15, -0.1) is 0 Å². The third-order valence-corrected chi connectivity index (χ3v) is 6.30. The molecule has 0 bridgehead atoms. The van der Waals surface area contributed by atoms with Gasteiger partial charge in [-0.25, -0.2) is 9.59 Å². The molecule has 2 aromatic carbocycles. The summed E-state index contributed by atoms with van der Waals surface area (Å²) in [5, 5.41) is 14.8. The Labute approximate surface area is 200 Å². The SMILES string of the molecule is CCC(CCC(=O)NC(C(=O)O)C(C)(C)C)NC(=O)OCC1c2ccccc2-c2ccccc21. The van der Waals surface area contributed by atoms with Crippen LogP contribution in [0, 0.1) is 5.41 Å². The molecular weight excluding hydrogens is 432 g/mol.